The van der Waals surface area contributed by atoms with E-state index in [1.807, 2.05) is 48.8 Å². The first kappa shape index (κ1) is 21.5. The van der Waals surface area contributed by atoms with Crippen molar-refractivity contribution in [2.24, 2.45) is 0 Å². The van der Waals surface area contributed by atoms with Gasteiger partial charge in [-0.15, -0.1) is 0 Å². The second-order valence-corrected chi connectivity index (χ2v) is 8.11. The Bertz CT molecular complexity index is 1400. The third-order valence-electron chi connectivity index (χ3n) is 5.79. The van der Waals surface area contributed by atoms with Gasteiger partial charge in [0, 0.05) is 43.4 Å². The fourth-order valence-electron chi connectivity index (χ4n) is 4.00. The Morgan fingerprint density at radius 2 is 1.71 bits per heavy atom. The van der Waals surface area contributed by atoms with E-state index in [4.69, 9.17) is 5.26 Å². The van der Waals surface area contributed by atoms with E-state index in [1.54, 1.807) is 18.2 Å². The average molecular weight is 450 g/mol. The van der Waals surface area contributed by atoms with Crippen molar-refractivity contribution in [3.63, 3.8) is 0 Å². The van der Waals surface area contributed by atoms with E-state index in [-0.39, 0.29) is 5.56 Å². The van der Waals surface area contributed by atoms with Crippen molar-refractivity contribution in [2.75, 3.05) is 31.1 Å². The molecule has 0 bridgehead atoms. The van der Waals surface area contributed by atoms with E-state index in [2.05, 4.69) is 31.4 Å². The Hall–Kier alpha value is -4.35. The van der Waals surface area contributed by atoms with Crippen LogP contribution in [0.3, 0.4) is 0 Å². The molecule has 0 aliphatic carbocycles. The zero-order valence-electron chi connectivity index (χ0n) is 18.6. The van der Waals surface area contributed by atoms with Gasteiger partial charge in [0.05, 0.1) is 42.0 Å². The van der Waals surface area contributed by atoms with Crippen molar-refractivity contribution >= 4 is 5.69 Å². The molecule has 3 heterocycles. The smallest absolute Gasteiger partial charge is 0.267 e. The quantitative estimate of drug-likeness (QED) is 0.500. The molecule has 2 aromatic heterocycles. The van der Waals surface area contributed by atoms with Gasteiger partial charge in [0.2, 0.25) is 0 Å². The molecule has 8 nitrogen and oxygen atoms in total. The van der Waals surface area contributed by atoms with Gasteiger partial charge in [-0.3, -0.25) is 4.79 Å². The van der Waals surface area contributed by atoms with Gasteiger partial charge in [-0.1, -0.05) is 30.3 Å². The highest BCUT2D eigenvalue weighted by atomic mass is 16.1. The fourth-order valence-corrected chi connectivity index (χ4v) is 4.00. The van der Waals surface area contributed by atoms with Crippen molar-refractivity contribution in [3.8, 4) is 28.7 Å². The summed E-state index contributed by atoms with van der Waals surface area (Å²) in [5, 5.41) is 17.0. The zero-order valence-corrected chi connectivity index (χ0v) is 18.6. The number of nitriles is 1. The fraction of sp³-hybridized carbons (Fsp3) is 0.192. The molecule has 34 heavy (non-hydrogen) atoms. The molecule has 1 fully saturated rings. The van der Waals surface area contributed by atoms with Gasteiger partial charge in [0.25, 0.3) is 5.56 Å². The van der Waals surface area contributed by atoms with E-state index in [0.717, 1.165) is 48.6 Å². The Morgan fingerprint density at radius 3 is 2.50 bits per heavy atom. The summed E-state index contributed by atoms with van der Waals surface area (Å²) in [6, 6.07) is 20.3. The molecule has 8 heteroatoms. The lowest BCUT2D eigenvalue weighted by atomic mass is 10.1. The molecule has 1 aliphatic rings. The molecular formula is C26H23N7O. The van der Waals surface area contributed by atoms with E-state index in [1.165, 1.54) is 10.7 Å². The summed E-state index contributed by atoms with van der Waals surface area (Å²) in [5.74, 6) is 0.642. The van der Waals surface area contributed by atoms with Gasteiger partial charge in [0.1, 0.15) is 0 Å². The lowest BCUT2D eigenvalue weighted by Crippen LogP contribution is -2.43. The zero-order chi connectivity index (χ0) is 23.3. The van der Waals surface area contributed by atoms with Gasteiger partial charge in [-0.2, -0.15) is 10.4 Å². The van der Waals surface area contributed by atoms with Gasteiger partial charge in [-0.05, 0) is 29.8 Å². The van der Waals surface area contributed by atoms with E-state index in [0.29, 0.717) is 23.6 Å². The molecule has 0 radical (unpaired) electrons. The van der Waals surface area contributed by atoms with Crippen LogP contribution < -0.4 is 15.8 Å². The molecule has 0 atom stereocenters. The molecule has 4 aromatic rings. The van der Waals surface area contributed by atoms with E-state index < -0.39 is 0 Å². The maximum absolute atomic E-state index is 12.5. The van der Waals surface area contributed by atoms with Crippen molar-refractivity contribution < 1.29 is 0 Å². The minimum absolute atomic E-state index is 0.192. The maximum atomic E-state index is 12.5. The summed E-state index contributed by atoms with van der Waals surface area (Å²) in [5.41, 5.74) is 4.61. The van der Waals surface area contributed by atoms with Gasteiger partial charge >= 0.3 is 0 Å². The van der Waals surface area contributed by atoms with Crippen LogP contribution in [0.1, 0.15) is 11.1 Å². The lowest BCUT2D eigenvalue weighted by Gasteiger charge is -2.28. The second-order valence-electron chi connectivity index (χ2n) is 8.11. The molecule has 1 N–H and O–H groups in total. The van der Waals surface area contributed by atoms with Crippen LogP contribution in [0.5, 0.6) is 0 Å². The van der Waals surface area contributed by atoms with Crippen molar-refractivity contribution in [1.29, 1.82) is 5.26 Å². The number of nitrogens with zero attached hydrogens (tertiary/aromatic N) is 6. The Balaban J connectivity index is 1.38. The number of rotatable bonds is 5. The number of piperazine rings is 1. The second kappa shape index (κ2) is 9.65. The minimum Gasteiger partial charge on any atom is -0.366 e. The van der Waals surface area contributed by atoms with Crippen LogP contribution in [0.25, 0.3) is 22.6 Å². The molecule has 0 amide bonds. The summed E-state index contributed by atoms with van der Waals surface area (Å²) in [7, 11) is 0. The molecule has 1 aliphatic heterocycles. The molecule has 5 rings (SSSR count). The third kappa shape index (κ3) is 4.70. The van der Waals surface area contributed by atoms with Gasteiger partial charge in [0.15, 0.2) is 5.82 Å². The van der Waals surface area contributed by atoms with Crippen LogP contribution in [-0.2, 0) is 6.54 Å². The van der Waals surface area contributed by atoms with Crippen LogP contribution in [0.4, 0.5) is 5.69 Å². The number of hydrogen-bond acceptors (Lipinski definition) is 7. The first-order chi connectivity index (χ1) is 16.7. The molecule has 2 aromatic carbocycles. The summed E-state index contributed by atoms with van der Waals surface area (Å²) in [6.07, 6.45) is 3.73. The van der Waals surface area contributed by atoms with Crippen LogP contribution in [0, 0.1) is 11.3 Å². The maximum Gasteiger partial charge on any atom is 0.267 e. The van der Waals surface area contributed by atoms with Crippen molar-refractivity contribution in [2.45, 2.75) is 6.54 Å². The molecule has 0 unspecified atom stereocenters. The predicted molar refractivity (Wildman–Crippen MR) is 130 cm³/mol. The molecular weight excluding hydrogens is 426 g/mol. The Kier molecular flexibility index (Phi) is 6.10. The number of aromatic nitrogens is 4. The highest BCUT2D eigenvalue weighted by molar-refractivity contribution is 5.61. The first-order valence-electron chi connectivity index (χ1n) is 11.2. The van der Waals surface area contributed by atoms with Gasteiger partial charge < -0.3 is 10.2 Å². The van der Waals surface area contributed by atoms with Crippen LogP contribution in [-0.4, -0.2) is 45.9 Å². The van der Waals surface area contributed by atoms with E-state index in [9.17, 15) is 4.79 Å². The topological polar surface area (TPSA) is 99.7 Å². The largest absolute Gasteiger partial charge is 0.366 e. The number of anilines is 1. The van der Waals surface area contributed by atoms with Crippen molar-refractivity contribution in [3.05, 3.63) is 94.5 Å². The third-order valence-corrected chi connectivity index (χ3v) is 5.79. The summed E-state index contributed by atoms with van der Waals surface area (Å²) in [6.45, 7) is 4.13. The first-order valence-corrected chi connectivity index (χ1v) is 11.2. The average Bonchev–Trinajstić information content (AvgIpc) is 2.91. The summed E-state index contributed by atoms with van der Waals surface area (Å²) < 4.78 is 1.43. The Morgan fingerprint density at radius 1 is 0.941 bits per heavy atom. The number of benzene rings is 2. The molecule has 0 saturated carbocycles. The molecule has 1 saturated heterocycles. The summed E-state index contributed by atoms with van der Waals surface area (Å²) >= 11 is 0. The predicted octanol–water partition coefficient (Wildman–Crippen LogP) is 2.70. The highest BCUT2D eigenvalue weighted by Gasteiger charge is 2.12. The number of hydrogen-bond donors (Lipinski definition) is 1. The van der Waals surface area contributed by atoms with Crippen LogP contribution in [0.15, 0.2) is 77.9 Å². The highest BCUT2D eigenvalue weighted by Crippen LogP contribution is 2.20. The van der Waals surface area contributed by atoms with Gasteiger partial charge in [-0.25, -0.2) is 14.6 Å². The normalized spacial score (nSPS) is 13.4. The molecule has 0 spiro atoms. The van der Waals surface area contributed by atoms with Crippen LogP contribution >= 0.6 is 0 Å². The SMILES string of the molecule is N#Cc1cccc(-c2ccc(=O)n(Cc3cccc(-c4ncc(N5CCNCC5)cn4)c3)n2)c1. The monoisotopic (exact) mass is 449 g/mol. The minimum atomic E-state index is -0.192. The standard InChI is InChI=1S/C26H23N7O/c27-15-19-3-1-5-21(13-19)24-7-8-25(34)33(31-24)18-20-4-2-6-22(14-20)26-29-16-23(17-30-26)32-11-9-28-10-12-32/h1-8,13-14,16-17,28H,9-12,18H2. The Labute approximate surface area is 197 Å². The lowest BCUT2D eigenvalue weighted by molar-refractivity contribution is 0.588. The molecule has 168 valence electrons. The summed E-state index contributed by atoms with van der Waals surface area (Å²) in [4.78, 5) is 23.9. The van der Waals surface area contributed by atoms with Crippen molar-refractivity contribution in [1.82, 2.24) is 25.1 Å². The number of nitrogens with one attached hydrogen (secondary N) is 1. The van der Waals surface area contributed by atoms with Crippen LogP contribution in [0.2, 0.25) is 0 Å². The van der Waals surface area contributed by atoms with E-state index >= 15 is 0 Å².